The lowest BCUT2D eigenvalue weighted by atomic mass is 10.1. The fraction of sp³-hybridized carbons (Fsp3) is 1.00. The first-order valence-electron chi connectivity index (χ1n) is 7.81. The van der Waals surface area contributed by atoms with Crippen LogP contribution in [0.1, 0.15) is 77.6 Å². The van der Waals surface area contributed by atoms with E-state index in [-0.39, 0.29) is 0 Å². The summed E-state index contributed by atoms with van der Waals surface area (Å²) in [7, 11) is -2.78. The number of quaternary nitrogens is 1. The van der Waals surface area contributed by atoms with E-state index >= 15 is 0 Å². The molecule has 0 spiro atoms. The molecule has 0 unspecified atom stereocenters. The fourth-order valence-electron chi connectivity index (χ4n) is 2.01. The van der Waals surface area contributed by atoms with Crippen LogP contribution in [0.15, 0.2) is 0 Å². The summed E-state index contributed by atoms with van der Waals surface area (Å²) in [6.45, 7) is 3.60. The summed E-state index contributed by atoms with van der Waals surface area (Å²) in [5.74, 6) is 0. The van der Waals surface area contributed by atoms with E-state index in [9.17, 15) is 0 Å². The van der Waals surface area contributed by atoms with Gasteiger partial charge < -0.3 is 5.32 Å². The van der Waals surface area contributed by atoms with Crippen LogP contribution in [-0.4, -0.2) is 13.6 Å². The highest BCUT2D eigenvalue weighted by molar-refractivity contribution is 4.47. The molecule has 0 rings (SSSR count). The van der Waals surface area contributed by atoms with E-state index < -0.39 is 10.2 Å². The average Bonchev–Trinajstić information content (AvgIpc) is 2.34. The van der Waals surface area contributed by atoms with Gasteiger partial charge >= 0.3 is 0 Å². The minimum absolute atomic E-state index is 1.32. The number of hydrogen-bond donors (Lipinski definition) is 1. The maximum absolute atomic E-state index is 8.49. The Kier molecular flexibility index (Phi) is 19.2. The van der Waals surface area contributed by atoms with Gasteiger partial charge in [0, 0.05) is 0 Å². The van der Waals surface area contributed by atoms with Crippen LogP contribution in [0, 0.1) is 10.2 Å². The molecule has 0 atom stereocenters. The van der Waals surface area contributed by atoms with Crippen molar-refractivity contribution in [2.24, 2.45) is 0 Å². The van der Waals surface area contributed by atoms with Crippen LogP contribution >= 0.6 is 0 Å². The molecule has 0 aromatic rings. The molecule has 0 aliphatic heterocycles. The zero-order chi connectivity index (χ0) is 15.7. The third kappa shape index (κ3) is 36.1. The molecule has 0 saturated carbocycles. The summed E-state index contributed by atoms with van der Waals surface area (Å²) in [6.07, 6.45) is 15.9. The van der Waals surface area contributed by atoms with Gasteiger partial charge in [-0.2, -0.15) is 0 Å². The van der Waals surface area contributed by atoms with Crippen LogP contribution in [0.5, 0.6) is 0 Å². The Bertz CT molecular complexity index is 159. The second-order valence-corrected chi connectivity index (χ2v) is 5.87. The van der Waals surface area contributed by atoms with Crippen LogP contribution in [0.25, 0.3) is 0 Å². The van der Waals surface area contributed by atoms with Gasteiger partial charge in [-0.15, -0.1) is 10.2 Å². The van der Waals surface area contributed by atoms with Crippen molar-refractivity contribution in [2.45, 2.75) is 77.6 Å². The van der Waals surface area contributed by atoms with Gasteiger partial charge in [-0.05, 0) is 12.8 Å². The van der Waals surface area contributed by atoms with E-state index in [0.29, 0.717) is 0 Å². The summed E-state index contributed by atoms with van der Waals surface area (Å²) in [5.41, 5.74) is 0. The Balaban J connectivity index is 0. The maximum Gasteiger partial charge on any atom is 0.0753 e. The summed E-state index contributed by atoms with van der Waals surface area (Å²) in [4.78, 5) is 0. The lowest BCUT2D eigenvalue weighted by Crippen LogP contribution is -2.79. The SMILES string of the molecule is CCCCCCCCCCCCC[NH2+]C.[O-][Cl+3]([O-])([O-])[O-]. The lowest BCUT2D eigenvalue weighted by Gasteiger charge is -2.17. The van der Waals surface area contributed by atoms with Gasteiger partial charge in [-0.3, -0.25) is 0 Å². The maximum atomic E-state index is 8.49. The number of rotatable bonds is 12. The highest BCUT2D eigenvalue weighted by atomic mass is 35.7. The first-order valence-corrected chi connectivity index (χ1v) is 9.04. The monoisotopic (exact) mass is 313 g/mol. The smallest absolute Gasteiger partial charge is 0.0753 e. The zero-order valence-corrected chi connectivity index (χ0v) is 13.8. The van der Waals surface area contributed by atoms with E-state index in [1.807, 2.05) is 0 Å². The molecule has 6 heteroatoms. The van der Waals surface area contributed by atoms with Crippen molar-refractivity contribution in [1.82, 2.24) is 0 Å². The second-order valence-electron chi connectivity index (χ2n) is 5.11. The Hall–Kier alpha value is 0.0900. The average molecular weight is 314 g/mol. The van der Waals surface area contributed by atoms with Gasteiger partial charge in [-0.1, -0.05) is 64.7 Å². The van der Waals surface area contributed by atoms with E-state index in [1.165, 1.54) is 77.2 Å². The molecule has 0 bridgehead atoms. The zero-order valence-electron chi connectivity index (χ0n) is 13.1. The summed E-state index contributed by atoms with van der Waals surface area (Å²) in [5, 5.41) is 2.29. The Morgan fingerprint density at radius 2 is 0.950 bits per heavy atom. The van der Waals surface area contributed by atoms with Crippen molar-refractivity contribution < 1.29 is 34.2 Å². The van der Waals surface area contributed by atoms with Crippen LogP contribution in [0.2, 0.25) is 0 Å². The molecule has 0 fully saturated rings. The van der Waals surface area contributed by atoms with Crippen molar-refractivity contribution in [2.75, 3.05) is 13.6 Å². The molecular weight excluding hydrogens is 282 g/mol. The minimum atomic E-state index is -4.94. The van der Waals surface area contributed by atoms with Crippen molar-refractivity contribution in [1.29, 1.82) is 0 Å². The van der Waals surface area contributed by atoms with Crippen molar-refractivity contribution in [3.05, 3.63) is 0 Å². The molecule has 124 valence electrons. The number of halogens is 1. The molecule has 2 N–H and O–H groups in total. The van der Waals surface area contributed by atoms with Crippen LogP contribution in [-0.2, 0) is 0 Å². The van der Waals surface area contributed by atoms with Crippen LogP contribution in [0.4, 0.5) is 0 Å². The van der Waals surface area contributed by atoms with Crippen molar-refractivity contribution >= 4 is 0 Å². The molecule has 0 amide bonds. The molecule has 5 nitrogen and oxygen atoms in total. The van der Waals surface area contributed by atoms with Gasteiger partial charge in [-0.25, -0.2) is 18.6 Å². The third-order valence-electron chi connectivity index (χ3n) is 3.10. The van der Waals surface area contributed by atoms with Crippen molar-refractivity contribution in [3.8, 4) is 0 Å². The lowest BCUT2D eigenvalue weighted by molar-refractivity contribution is -2.00. The predicted molar refractivity (Wildman–Crippen MR) is 69.2 cm³/mol. The normalized spacial score (nSPS) is 11.1. The standard InChI is InChI=1S/C14H31N.ClHO4/c1-3-4-5-6-7-8-9-10-11-12-13-14-15-2;2-1(3,4)5/h15H,3-14H2,1-2H3;(H,2,3,4,5). The highest BCUT2D eigenvalue weighted by Crippen LogP contribution is 2.10. The van der Waals surface area contributed by atoms with Gasteiger partial charge in [0.2, 0.25) is 0 Å². The number of nitrogens with two attached hydrogens (primary N) is 1. The first kappa shape index (κ1) is 22.4. The molecule has 0 aromatic carbocycles. The van der Waals surface area contributed by atoms with E-state index in [2.05, 4.69) is 19.3 Å². The molecule has 0 saturated heterocycles. The molecule has 20 heavy (non-hydrogen) atoms. The largest absolute Gasteiger partial charge is 0.349 e. The quantitative estimate of drug-likeness (QED) is 0.453. The number of hydrogen-bond acceptors (Lipinski definition) is 4. The molecule has 0 radical (unpaired) electrons. The number of unbranched alkanes of at least 4 members (excludes halogenated alkanes) is 10. The molecule has 0 aromatic heterocycles. The Morgan fingerprint density at radius 3 is 1.25 bits per heavy atom. The van der Waals surface area contributed by atoms with Crippen molar-refractivity contribution in [3.63, 3.8) is 0 Å². The van der Waals surface area contributed by atoms with E-state index in [1.54, 1.807) is 0 Å². The van der Waals surface area contributed by atoms with Gasteiger partial charge in [0.15, 0.2) is 0 Å². The second kappa shape index (κ2) is 17.1. The van der Waals surface area contributed by atoms with Gasteiger partial charge in [0.1, 0.15) is 0 Å². The molecule has 0 aliphatic rings. The predicted octanol–water partition coefficient (Wildman–Crippen LogP) is -1.27. The fourth-order valence-corrected chi connectivity index (χ4v) is 2.01. The minimum Gasteiger partial charge on any atom is -0.349 e. The topological polar surface area (TPSA) is 109 Å². The third-order valence-corrected chi connectivity index (χ3v) is 3.10. The van der Waals surface area contributed by atoms with Crippen LogP contribution in [0.3, 0.4) is 0 Å². The Morgan fingerprint density at radius 1 is 0.650 bits per heavy atom. The van der Waals surface area contributed by atoms with Gasteiger partial charge in [0.25, 0.3) is 0 Å². The van der Waals surface area contributed by atoms with Gasteiger partial charge in [0.05, 0.1) is 13.6 Å². The molecule has 0 heterocycles. The first-order chi connectivity index (χ1) is 9.41. The summed E-state index contributed by atoms with van der Waals surface area (Å²) >= 11 is 0. The highest BCUT2D eigenvalue weighted by Gasteiger charge is 1.92. The summed E-state index contributed by atoms with van der Waals surface area (Å²) < 4.78 is 34.0. The van der Waals surface area contributed by atoms with Crippen LogP contribution < -0.4 is 24.0 Å². The van der Waals surface area contributed by atoms with E-state index in [4.69, 9.17) is 18.6 Å². The molecule has 0 aliphatic carbocycles. The Labute approximate surface area is 126 Å². The van der Waals surface area contributed by atoms with E-state index in [0.717, 1.165) is 0 Å². The molecular formula is C14H32ClNO4. The summed E-state index contributed by atoms with van der Waals surface area (Å²) in [6, 6.07) is 0.